The lowest BCUT2D eigenvalue weighted by molar-refractivity contribution is -0.124. The topological polar surface area (TPSA) is 104 Å². The summed E-state index contributed by atoms with van der Waals surface area (Å²) < 4.78 is 27.2. The van der Waals surface area contributed by atoms with Gasteiger partial charge in [-0.15, -0.1) is 0 Å². The first-order valence-electron chi connectivity index (χ1n) is 7.78. The fraction of sp³-hybridized carbons (Fsp3) is 0.176. The summed E-state index contributed by atoms with van der Waals surface area (Å²) in [5.41, 5.74) is 5.07. The van der Waals surface area contributed by atoms with E-state index in [1.807, 2.05) is 0 Å². The van der Waals surface area contributed by atoms with Crippen LogP contribution in [0.25, 0.3) is 0 Å². The Hall–Kier alpha value is -2.29. The Bertz CT molecular complexity index is 961. The van der Waals surface area contributed by atoms with E-state index in [1.54, 1.807) is 13.8 Å². The van der Waals surface area contributed by atoms with Crippen molar-refractivity contribution in [3.8, 4) is 0 Å². The van der Waals surface area contributed by atoms with Crippen molar-refractivity contribution >= 4 is 50.7 Å². The molecule has 0 fully saturated rings. The van der Waals surface area contributed by atoms with Gasteiger partial charge in [-0.3, -0.25) is 25.2 Å². The summed E-state index contributed by atoms with van der Waals surface area (Å²) in [7, 11) is -3.87. The molecule has 2 aromatic rings. The normalized spacial score (nSPS) is 11.1. The zero-order valence-corrected chi connectivity index (χ0v) is 16.7. The van der Waals surface area contributed by atoms with Gasteiger partial charge in [0.1, 0.15) is 0 Å². The molecule has 144 valence electrons. The molecule has 2 aromatic carbocycles. The Labute approximate surface area is 167 Å². The predicted octanol–water partition coefficient (Wildman–Crippen LogP) is 3.21. The number of carbonyl (C=O) groups excluding carboxylic acids is 2. The van der Waals surface area contributed by atoms with Gasteiger partial charge >= 0.3 is 0 Å². The van der Waals surface area contributed by atoms with Gasteiger partial charge in [0.25, 0.3) is 15.9 Å². The number of carbonyl (C=O) groups is 2. The van der Waals surface area contributed by atoms with Crippen LogP contribution in [-0.4, -0.2) is 20.2 Å². The molecule has 0 aromatic heterocycles. The highest BCUT2D eigenvalue weighted by Gasteiger charge is 2.16. The summed E-state index contributed by atoms with van der Waals surface area (Å²) in [6.07, 6.45) is 0. The molecule has 0 heterocycles. The van der Waals surface area contributed by atoms with E-state index in [-0.39, 0.29) is 38.0 Å². The molecule has 0 atom stereocenters. The summed E-state index contributed by atoms with van der Waals surface area (Å²) in [6.45, 7) is 3.38. The molecule has 7 nitrogen and oxygen atoms in total. The first kappa shape index (κ1) is 21.0. The standard InChI is InChI=1S/C17H17Cl2N3O4S/c1-10(2)16(23)20-21-17(24)11-3-5-12(6-4-11)22-27(25,26)13-7-8-14(18)15(19)9-13/h3-10,22H,1-2H3,(H,20,23)(H,21,24). The van der Waals surface area contributed by atoms with Gasteiger partial charge in [-0.1, -0.05) is 37.0 Å². The van der Waals surface area contributed by atoms with E-state index >= 15 is 0 Å². The second-order valence-corrected chi connectivity index (χ2v) is 8.35. The summed E-state index contributed by atoms with van der Waals surface area (Å²) in [4.78, 5) is 23.4. The lowest BCUT2D eigenvalue weighted by Gasteiger charge is -2.11. The number of benzene rings is 2. The molecule has 0 bridgehead atoms. The van der Waals surface area contributed by atoms with Gasteiger partial charge in [0.05, 0.1) is 14.9 Å². The Morgan fingerprint density at radius 1 is 0.926 bits per heavy atom. The van der Waals surface area contributed by atoms with Gasteiger partial charge in [-0.2, -0.15) is 0 Å². The molecule has 0 aliphatic rings. The second-order valence-electron chi connectivity index (χ2n) is 5.86. The third-order valence-electron chi connectivity index (χ3n) is 3.42. The predicted molar refractivity (Wildman–Crippen MR) is 104 cm³/mol. The monoisotopic (exact) mass is 429 g/mol. The van der Waals surface area contributed by atoms with Crippen molar-refractivity contribution in [2.45, 2.75) is 18.7 Å². The van der Waals surface area contributed by atoms with Crippen molar-refractivity contribution in [3.05, 3.63) is 58.1 Å². The van der Waals surface area contributed by atoms with Crippen LogP contribution in [0.4, 0.5) is 5.69 Å². The van der Waals surface area contributed by atoms with Crippen LogP contribution in [0.1, 0.15) is 24.2 Å². The summed E-state index contributed by atoms with van der Waals surface area (Å²) >= 11 is 11.6. The van der Waals surface area contributed by atoms with Gasteiger partial charge in [-0.05, 0) is 42.5 Å². The van der Waals surface area contributed by atoms with Crippen LogP contribution in [0.5, 0.6) is 0 Å². The first-order valence-corrected chi connectivity index (χ1v) is 10.0. The van der Waals surface area contributed by atoms with E-state index in [4.69, 9.17) is 23.2 Å². The number of amides is 2. The van der Waals surface area contributed by atoms with Crippen LogP contribution >= 0.6 is 23.2 Å². The van der Waals surface area contributed by atoms with E-state index in [2.05, 4.69) is 15.6 Å². The molecule has 27 heavy (non-hydrogen) atoms. The van der Waals surface area contributed by atoms with E-state index < -0.39 is 15.9 Å². The average molecular weight is 430 g/mol. The van der Waals surface area contributed by atoms with E-state index in [0.717, 1.165) is 0 Å². The van der Waals surface area contributed by atoms with Crippen LogP contribution in [0.2, 0.25) is 10.0 Å². The average Bonchev–Trinajstić information content (AvgIpc) is 2.61. The number of halogens is 2. The molecule has 2 rings (SSSR count). The van der Waals surface area contributed by atoms with Crippen molar-refractivity contribution in [1.82, 2.24) is 10.9 Å². The Morgan fingerprint density at radius 3 is 2.11 bits per heavy atom. The third-order valence-corrected chi connectivity index (χ3v) is 5.54. The van der Waals surface area contributed by atoms with Crippen molar-refractivity contribution < 1.29 is 18.0 Å². The van der Waals surface area contributed by atoms with Gasteiger partial charge in [0.15, 0.2) is 0 Å². The molecule has 0 aliphatic heterocycles. The van der Waals surface area contributed by atoms with E-state index in [1.165, 1.54) is 42.5 Å². The SMILES string of the molecule is CC(C)C(=O)NNC(=O)c1ccc(NS(=O)(=O)c2ccc(Cl)c(Cl)c2)cc1. The molecule has 0 aliphatic carbocycles. The lowest BCUT2D eigenvalue weighted by atomic mass is 10.2. The van der Waals surface area contributed by atoms with Gasteiger partial charge in [-0.25, -0.2) is 8.42 Å². The quantitative estimate of drug-likeness (QED) is 0.634. The molecule has 0 saturated heterocycles. The van der Waals surface area contributed by atoms with E-state index in [0.29, 0.717) is 0 Å². The number of sulfonamides is 1. The summed E-state index contributed by atoms with van der Waals surface area (Å²) in [5, 5.41) is 0.366. The van der Waals surface area contributed by atoms with Crippen LogP contribution in [0.15, 0.2) is 47.4 Å². The highest BCUT2D eigenvalue weighted by molar-refractivity contribution is 7.92. The zero-order valence-electron chi connectivity index (χ0n) is 14.4. The molecule has 10 heteroatoms. The molecule has 2 amide bonds. The number of hydrogen-bond acceptors (Lipinski definition) is 4. The van der Waals surface area contributed by atoms with Crippen LogP contribution < -0.4 is 15.6 Å². The second kappa shape index (κ2) is 8.60. The van der Waals surface area contributed by atoms with Crippen molar-refractivity contribution in [1.29, 1.82) is 0 Å². The fourth-order valence-electron chi connectivity index (χ4n) is 1.88. The van der Waals surface area contributed by atoms with E-state index in [9.17, 15) is 18.0 Å². The molecule has 0 saturated carbocycles. The van der Waals surface area contributed by atoms with Gasteiger partial charge < -0.3 is 0 Å². The molecule has 0 unspecified atom stereocenters. The van der Waals surface area contributed by atoms with Crippen molar-refractivity contribution in [2.75, 3.05) is 4.72 Å². The zero-order chi connectivity index (χ0) is 20.2. The van der Waals surface area contributed by atoms with Crippen molar-refractivity contribution in [3.63, 3.8) is 0 Å². The minimum absolute atomic E-state index is 0.0462. The molecule has 3 N–H and O–H groups in total. The Kier molecular flexibility index (Phi) is 6.69. The molecule has 0 radical (unpaired) electrons. The summed E-state index contributed by atoms with van der Waals surface area (Å²) in [6, 6.07) is 9.65. The van der Waals surface area contributed by atoms with Crippen LogP contribution in [0.3, 0.4) is 0 Å². The molecule has 0 spiro atoms. The number of hydrogen-bond donors (Lipinski definition) is 3. The maximum absolute atomic E-state index is 12.4. The Balaban J connectivity index is 2.07. The maximum atomic E-state index is 12.4. The highest BCUT2D eigenvalue weighted by atomic mass is 35.5. The van der Waals surface area contributed by atoms with Crippen LogP contribution in [0, 0.1) is 5.92 Å². The number of rotatable bonds is 5. The minimum Gasteiger partial charge on any atom is -0.280 e. The highest BCUT2D eigenvalue weighted by Crippen LogP contribution is 2.26. The molecular formula is C17H17Cl2N3O4S. The Morgan fingerprint density at radius 2 is 1.56 bits per heavy atom. The largest absolute Gasteiger partial charge is 0.280 e. The molecular weight excluding hydrogens is 413 g/mol. The number of nitrogens with one attached hydrogen (secondary N) is 3. The summed E-state index contributed by atoms with van der Waals surface area (Å²) in [5.74, 6) is -1.12. The first-order chi connectivity index (χ1) is 12.6. The smallest absolute Gasteiger partial charge is 0.269 e. The van der Waals surface area contributed by atoms with Crippen molar-refractivity contribution in [2.24, 2.45) is 5.92 Å². The van der Waals surface area contributed by atoms with Crippen LogP contribution in [-0.2, 0) is 14.8 Å². The number of hydrazine groups is 1. The fourth-order valence-corrected chi connectivity index (χ4v) is 3.33. The lowest BCUT2D eigenvalue weighted by Crippen LogP contribution is -2.43. The van der Waals surface area contributed by atoms with Gasteiger partial charge in [0, 0.05) is 17.2 Å². The third kappa shape index (κ3) is 5.59. The minimum atomic E-state index is -3.87. The maximum Gasteiger partial charge on any atom is 0.269 e. The number of anilines is 1. The van der Waals surface area contributed by atoms with Gasteiger partial charge in [0.2, 0.25) is 5.91 Å².